The molecule has 1 aromatic carbocycles. The molecule has 0 unspecified atom stereocenters. The lowest BCUT2D eigenvalue weighted by molar-refractivity contribution is 0.447. The van der Waals surface area contributed by atoms with Crippen molar-refractivity contribution >= 4 is 39.9 Å². The van der Waals surface area contributed by atoms with Crippen LogP contribution in [-0.2, 0) is 0 Å². The van der Waals surface area contributed by atoms with Crippen LogP contribution in [0.1, 0.15) is 6.92 Å². The third-order valence-corrected chi connectivity index (χ3v) is 3.41. The van der Waals surface area contributed by atoms with E-state index in [9.17, 15) is 0 Å². The van der Waals surface area contributed by atoms with Crippen LogP contribution in [0.4, 0.5) is 5.69 Å². The first-order chi connectivity index (χ1) is 6.16. The molecule has 70 valence electrons. The number of rotatable bonds is 1. The van der Waals surface area contributed by atoms with Crippen molar-refractivity contribution in [2.24, 2.45) is 5.92 Å². The third kappa shape index (κ3) is 1.94. The zero-order valence-corrected chi connectivity index (χ0v) is 10.3. The molecule has 0 radical (unpaired) electrons. The van der Waals surface area contributed by atoms with Crippen molar-refractivity contribution in [1.82, 2.24) is 0 Å². The van der Waals surface area contributed by atoms with Gasteiger partial charge in [-0.2, -0.15) is 0 Å². The fourth-order valence-electron chi connectivity index (χ4n) is 1.63. The van der Waals surface area contributed by atoms with Crippen molar-refractivity contribution in [1.29, 1.82) is 0 Å². The Bertz CT molecular complexity index is 321. The van der Waals surface area contributed by atoms with E-state index in [0.717, 1.165) is 10.9 Å². The van der Waals surface area contributed by atoms with Gasteiger partial charge in [0.2, 0.25) is 0 Å². The largest absolute Gasteiger partial charge is 0.370 e. The maximum Gasteiger partial charge on any atom is 0.0503 e. The van der Waals surface area contributed by atoms with Gasteiger partial charge in [-0.25, -0.2) is 0 Å². The topological polar surface area (TPSA) is 3.24 Å². The smallest absolute Gasteiger partial charge is 0.0503 e. The molecule has 0 N–H and O–H groups in total. The van der Waals surface area contributed by atoms with Gasteiger partial charge in [0.15, 0.2) is 0 Å². The van der Waals surface area contributed by atoms with Gasteiger partial charge >= 0.3 is 0 Å². The first-order valence-electron chi connectivity index (χ1n) is 4.37. The second-order valence-electron chi connectivity index (χ2n) is 3.61. The Morgan fingerprint density at radius 3 is 2.69 bits per heavy atom. The fraction of sp³-hybridized carbons (Fsp3) is 0.400. The highest BCUT2D eigenvalue weighted by Crippen LogP contribution is 2.30. The Morgan fingerprint density at radius 1 is 1.46 bits per heavy atom. The summed E-state index contributed by atoms with van der Waals surface area (Å²) in [7, 11) is 0. The number of anilines is 1. The van der Waals surface area contributed by atoms with Gasteiger partial charge in [0.05, 0.1) is 5.69 Å². The first-order valence-corrected chi connectivity index (χ1v) is 5.82. The molecule has 1 aliphatic rings. The summed E-state index contributed by atoms with van der Waals surface area (Å²) < 4.78 is 1.25. The van der Waals surface area contributed by atoms with Crippen LogP contribution >= 0.6 is 34.2 Å². The fourth-order valence-corrected chi connectivity index (χ4v) is 2.85. The van der Waals surface area contributed by atoms with E-state index in [1.165, 1.54) is 22.3 Å². The number of halogens is 2. The Balaban J connectivity index is 2.21. The van der Waals surface area contributed by atoms with E-state index in [-0.39, 0.29) is 0 Å². The Labute approximate surface area is 97.2 Å². The highest BCUT2D eigenvalue weighted by molar-refractivity contribution is 14.1. The van der Waals surface area contributed by atoms with Crippen molar-refractivity contribution in [3.8, 4) is 0 Å². The average molecular weight is 308 g/mol. The molecule has 0 aliphatic carbocycles. The Morgan fingerprint density at radius 2 is 2.15 bits per heavy atom. The summed E-state index contributed by atoms with van der Waals surface area (Å²) in [5.41, 5.74) is 1.32. The third-order valence-electron chi connectivity index (χ3n) is 2.31. The predicted molar refractivity (Wildman–Crippen MR) is 65.5 cm³/mol. The highest BCUT2D eigenvalue weighted by atomic mass is 127. The van der Waals surface area contributed by atoms with Gasteiger partial charge in [0, 0.05) is 21.7 Å². The van der Waals surface area contributed by atoms with Crippen molar-refractivity contribution in [3.63, 3.8) is 0 Å². The average Bonchev–Trinajstić information content (AvgIpc) is 2.00. The maximum absolute atomic E-state index is 5.89. The zero-order valence-electron chi connectivity index (χ0n) is 7.43. The van der Waals surface area contributed by atoms with Crippen molar-refractivity contribution < 1.29 is 0 Å². The van der Waals surface area contributed by atoms with Crippen molar-refractivity contribution in [2.75, 3.05) is 18.0 Å². The lowest BCUT2D eigenvalue weighted by atomic mass is 10.0. The van der Waals surface area contributed by atoms with Gasteiger partial charge < -0.3 is 4.90 Å². The first kappa shape index (κ1) is 9.59. The molecule has 1 aromatic rings. The van der Waals surface area contributed by atoms with E-state index >= 15 is 0 Å². The molecule has 0 spiro atoms. The van der Waals surface area contributed by atoms with E-state index < -0.39 is 0 Å². The van der Waals surface area contributed by atoms with Crippen LogP contribution in [0.25, 0.3) is 0 Å². The van der Waals surface area contributed by atoms with Crippen LogP contribution in [0.5, 0.6) is 0 Å². The van der Waals surface area contributed by atoms with Gasteiger partial charge in [-0.1, -0.05) is 18.5 Å². The standard InChI is InChI=1S/C10H11ClIN/c1-7-5-13(6-7)10-3-2-8(11)4-9(10)12/h2-4,7H,5-6H2,1H3. The second kappa shape index (κ2) is 3.65. The summed E-state index contributed by atoms with van der Waals surface area (Å²) in [6.45, 7) is 4.63. The molecule has 1 nitrogen and oxygen atoms in total. The molecule has 1 heterocycles. The Hall–Kier alpha value is 0.0400. The summed E-state index contributed by atoms with van der Waals surface area (Å²) in [5.74, 6) is 0.839. The van der Waals surface area contributed by atoms with E-state index in [4.69, 9.17) is 11.6 Å². The van der Waals surface area contributed by atoms with Crippen LogP contribution in [0.15, 0.2) is 18.2 Å². The van der Waals surface area contributed by atoms with Gasteiger partial charge in [-0.3, -0.25) is 0 Å². The maximum atomic E-state index is 5.89. The van der Waals surface area contributed by atoms with Crippen LogP contribution in [0.2, 0.25) is 5.02 Å². The zero-order chi connectivity index (χ0) is 9.42. The van der Waals surface area contributed by atoms with Crippen LogP contribution in [0, 0.1) is 9.49 Å². The summed E-state index contributed by atoms with van der Waals surface area (Å²) in [6, 6.07) is 6.08. The number of nitrogens with zero attached hydrogens (tertiary/aromatic N) is 1. The molecule has 0 saturated carbocycles. The minimum Gasteiger partial charge on any atom is -0.370 e. The number of hydrogen-bond acceptors (Lipinski definition) is 1. The molecule has 0 aromatic heterocycles. The lowest BCUT2D eigenvalue weighted by Gasteiger charge is -2.39. The quantitative estimate of drug-likeness (QED) is 0.719. The predicted octanol–water partition coefficient (Wildman–Crippen LogP) is 3.40. The van der Waals surface area contributed by atoms with Crippen molar-refractivity contribution in [3.05, 3.63) is 26.8 Å². The van der Waals surface area contributed by atoms with Gasteiger partial charge in [0.1, 0.15) is 0 Å². The normalized spacial score (nSPS) is 17.3. The highest BCUT2D eigenvalue weighted by Gasteiger charge is 2.23. The molecule has 0 bridgehead atoms. The molecule has 1 aliphatic heterocycles. The number of benzene rings is 1. The second-order valence-corrected chi connectivity index (χ2v) is 5.20. The van der Waals surface area contributed by atoms with E-state index in [1.54, 1.807) is 0 Å². The van der Waals surface area contributed by atoms with Gasteiger partial charge in [-0.05, 0) is 46.7 Å². The summed E-state index contributed by atoms with van der Waals surface area (Å²) in [6.07, 6.45) is 0. The molecular weight excluding hydrogens is 296 g/mol. The molecule has 1 saturated heterocycles. The van der Waals surface area contributed by atoms with Crippen molar-refractivity contribution in [2.45, 2.75) is 6.92 Å². The van der Waals surface area contributed by atoms with E-state index in [0.29, 0.717) is 0 Å². The van der Waals surface area contributed by atoms with Crippen LogP contribution < -0.4 is 4.90 Å². The molecule has 0 atom stereocenters. The van der Waals surface area contributed by atoms with E-state index in [2.05, 4.69) is 40.5 Å². The molecule has 3 heteroatoms. The minimum atomic E-state index is 0.821. The van der Waals surface area contributed by atoms with Gasteiger partial charge in [0.25, 0.3) is 0 Å². The summed E-state index contributed by atoms with van der Waals surface area (Å²) in [5, 5.41) is 0.821. The summed E-state index contributed by atoms with van der Waals surface area (Å²) >= 11 is 8.23. The van der Waals surface area contributed by atoms with Crippen LogP contribution in [0.3, 0.4) is 0 Å². The SMILES string of the molecule is CC1CN(c2ccc(Cl)cc2I)C1. The molecular formula is C10H11ClIN. The molecule has 1 fully saturated rings. The van der Waals surface area contributed by atoms with E-state index in [1.807, 2.05) is 12.1 Å². The number of hydrogen-bond donors (Lipinski definition) is 0. The monoisotopic (exact) mass is 307 g/mol. The summed E-state index contributed by atoms with van der Waals surface area (Å²) in [4.78, 5) is 2.39. The van der Waals surface area contributed by atoms with Gasteiger partial charge in [-0.15, -0.1) is 0 Å². The Kier molecular flexibility index (Phi) is 2.70. The molecule has 2 rings (SSSR count). The molecule has 0 amide bonds. The minimum absolute atomic E-state index is 0.821. The lowest BCUT2D eigenvalue weighted by Crippen LogP contribution is -2.45. The molecule has 13 heavy (non-hydrogen) atoms. The van der Waals surface area contributed by atoms with Crippen LogP contribution in [-0.4, -0.2) is 13.1 Å².